The number of Topliss-reactive ketones (excluding diaryl/α,β-unsaturated/α-hetero) is 1. The van der Waals surface area contributed by atoms with Crippen LogP contribution in [0, 0.1) is 0 Å². The topological polar surface area (TPSA) is 35.5 Å². The third kappa shape index (κ3) is 28.2. The lowest BCUT2D eigenvalue weighted by Crippen LogP contribution is -2.20. The first kappa shape index (κ1) is 35.6. The minimum absolute atomic E-state index is 0.197. The summed E-state index contributed by atoms with van der Waals surface area (Å²) in [5, 5.41) is 0. The highest BCUT2D eigenvalue weighted by atomic mass is 16.7. The van der Waals surface area contributed by atoms with E-state index in [1.807, 2.05) is 0 Å². The second kappa shape index (κ2) is 30.8. The maximum atomic E-state index is 12.2. The van der Waals surface area contributed by atoms with Crippen molar-refractivity contribution in [2.24, 2.45) is 0 Å². The Morgan fingerprint density at radius 2 is 0.778 bits per heavy atom. The summed E-state index contributed by atoms with van der Waals surface area (Å²) < 4.78 is 12.2. The SMILES string of the molecule is CCCCCCCCCCCCOC(CCC(=O)CCCCC)OCCCCCCCCCCCC. The minimum atomic E-state index is -0.197. The van der Waals surface area contributed by atoms with Crippen LogP contribution in [-0.4, -0.2) is 25.3 Å². The Balaban J connectivity index is 3.92. The van der Waals surface area contributed by atoms with Crippen LogP contribution in [0.25, 0.3) is 0 Å². The maximum Gasteiger partial charge on any atom is 0.157 e. The number of carbonyl (C=O) groups is 1. The highest BCUT2D eigenvalue weighted by molar-refractivity contribution is 5.78. The van der Waals surface area contributed by atoms with Gasteiger partial charge >= 0.3 is 0 Å². The Morgan fingerprint density at radius 1 is 0.444 bits per heavy atom. The van der Waals surface area contributed by atoms with E-state index in [0.717, 1.165) is 51.7 Å². The molecular weight excluding hydrogens is 444 g/mol. The van der Waals surface area contributed by atoms with E-state index >= 15 is 0 Å². The van der Waals surface area contributed by atoms with Crippen molar-refractivity contribution < 1.29 is 14.3 Å². The average Bonchev–Trinajstić information content (AvgIpc) is 2.88. The number of hydrogen-bond donors (Lipinski definition) is 0. The Bertz CT molecular complexity index is 397. The van der Waals surface area contributed by atoms with Crippen molar-refractivity contribution in [1.82, 2.24) is 0 Å². The van der Waals surface area contributed by atoms with Gasteiger partial charge in [0.05, 0.1) is 0 Å². The van der Waals surface area contributed by atoms with Crippen LogP contribution in [0.4, 0.5) is 0 Å². The van der Waals surface area contributed by atoms with Crippen LogP contribution >= 0.6 is 0 Å². The van der Waals surface area contributed by atoms with E-state index in [0.29, 0.717) is 12.2 Å². The number of carbonyl (C=O) groups excluding carboxylic acids is 1. The summed E-state index contributed by atoms with van der Waals surface area (Å²) in [6.07, 6.45) is 31.9. The van der Waals surface area contributed by atoms with Gasteiger partial charge < -0.3 is 9.47 Å². The lowest BCUT2D eigenvalue weighted by atomic mass is 10.1. The quantitative estimate of drug-likeness (QED) is 0.0687. The molecule has 0 amide bonds. The molecule has 0 N–H and O–H groups in total. The van der Waals surface area contributed by atoms with Crippen molar-refractivity contribution in [3.05, 3.63) is 0 Å². The molecule has 3 nitrogen and oxygen atoms in total. The maximum absolute atomic E-state index is 12.2. The summed E-state index contributed by atoms with van der Waals surface area (Å²) in [5.74, 6) is 0.374. The molecule has 0 rings (SSSR count). The van der Waals surface area contributed by atoms with E-state index in [1.165, 1.54) is 122 Å². The number of ether oxygens (including phenoxy) is 2. The summed E-state index contributed by atoms with van der Waals surface area (Å²) in [6, 6.07) is 0. The van der Waals surface area contributed by atoms with Gasteiger partial charge in [0.15, 0.2) is 6.29 Å². The zero-order valence-corrected chi connectivity index (χ0v) is 25.1. The predicted octanol–water partition coefficient (Wildman–Crippen LogP) is 11.1. The van der Waals surface area contributed by atoms with Crippen LogP contribution < -0.4 is 0 Å². The molecule has 0 aliphatic rings. The Morgan fingerprint density at radius 3 is 1.17 bits per heavy atom. The molecule has 0 fully saturated rings. The highest BCUT2D eigenvalue weighted by Gasteiger charge is 2.12. The molecule has 0 aromatic rings. The van der Waals surface area contributed by atoms with E-state index in [-0.39, 0.29) is 6.29 Å². The average molecular weight is 511 g/mol. The number of rotatable bonds is 31. The molecule has 0 aromatic heterocycles. The second-order valence-electron chi connectivity index (χ2n) is 11.1. The zero-order valence-electron chi connectivity index (χ0n) is 25.1. The normalized spacial score (nSPS) is 11.6. The summed E-state index contributed by atoms with van der Waals surface area (Å²) in [7, 11) is 0. The standard InChI is InChI=1S/C33H66O3/c1-4-7-10-12-14-16-18-20-22-25-30-35-33(29-28-32(34)27-24-9-6-3)36-31-26-23-21-19-17-15-13-11-8-5-2/h33H,4-31H2,1-3H3. The number of ketones is 1. The lowest BCUT2D eigenvalue weighted by molar-refractivity contribution is -0.151. The van der Waals surface area contributed by atoms with Crippen LogP contribution in [0.3, 0.4) is 0 Å². The van der Waals surface area contributed by atoms with Crippen LogP contribution in [-0.2, 0) is 14.3 Å². The minimum Gasteiger partial charge on any atom is -0.353 e. The first-order valence-electron chi connectivity index (χ1n) is 16.5. The first-order valence-corrected chi connectivity index (χ1v) is 16.5. The fourth-order valence-electron chi connectivity index (χ4n) is 4.80. The summed E-state index contributed by atoms with van der Waals surface area (Å²) in [4.78, 5) is 12.2. The van der Waals surface area contributed by atoms with Crippen LogP contribution in [0.15, 0.2) is 0 Å². The molecule has 0 heterocycles. The van der Waals surface area contributed by atoms with Gasteiger partial charge in [-0.3, -0.25) is 4.79 Å². The highest BCUT2D eigenvalue weighted by Crippen LogP contribution is 2.14. The third-order valence-electron chi connectivity index (χ3n) is 7.32. The smallest absolute Gasteiger partial charge is 0.157 e. The molecule has 3 heteroatoms. The monoisotopic (exact) mass is 511 g/mol. The van der Waals surface area contributed by atoms with Gasteiger partial charge in [0.1, 0.15) is 5.78 Å². The van der Waals surface area contributed by atoms with Crippen molar-refractivity contribution >= 4 is 5.78 Å². The molecular formula is C33H66O3. The number of unbranched alkanes of at least 4 members (excludes halogenated alkanes) is 20. The van der Waals surface area contributed by atoms with Gasteiger partial charge in [-0.15, -0.1) is 0 Å². The molecule has 0 aliphatic carbocycles. The molecule has 0 unspecified atom stereocenters. The van der Waals surface area contributed by atoms with Crippen molar-refractivity contribution in [3.63, 3.8) is 0 Å². The van der Waals surface area contributed by atoms with Crippen molar-refractivity contribution in [2.75, 3.05) is 13.2 Å². The number of hydrogen-bond acceptors (Lipinski definition) is 3. The molecule has 0 bridgehead atoms. The van der Waals surface area contributed by atoms with E-state index in [4.69, 9.17) is 9.47 Å². The Hall–Kier alpha value is -0.410. The van der Waals surface area contributed by atoms with Gasteiger partial charge in [-0.1, -0.05) is 149 Å². The largest absolute Gasteiger partial charge is 0.353 e. The zero-order chi connectivity index (χ0) is 26.4. The van der Waals surface area contributed by atoms with Crippen molar-refractivity contribution in [1.29, 1.82) is 0 Å². The molecule has 0 radical (unpaired) electrons. The fourth-order valence-corrected chi connectivity index (χ4v) is 4.80. The Labute approximate surface area is 227 Å². The summed E-state index contributed by atoms with van der Waals surface area (Å²) in [6.45, 7) is 8.28. The predicted molar refractivity (Wildman–Crippen MR) is 158 cm³/mol. The van der Waals surface area contributed by atoms with Gasteiger partial charge in [0, 0.05) is 32.5 Å². The molecule has 0 aromatic carbocycles. The third-order valence-corrected chi connectivity index (χ3v) is 7.32. The van der Waals surface area contributed by atoms with Crippen molar-refractivity contribution in [3.8, 4) is 0 Å². The summed E-state index contributed by atoms with van der Waals surface area (Å²) >= 11 is 0. The first-order chi connectivity index (χ1) is 17.7. The van der Waals surface area contributed by atoms with E-state index in [9.17, 15) is 4.79 Å². The van der Waals surface area contributed by atoms with Crippen LogP contribution in [0.5, 0.6) is 0 Å². The van der Waals surface area contributed by atoms with E-state index in [2.05, 4.69) is 20.8 Å². The van der Waals surface area contributed by atoms with Gasteiger partial charge in [0.25, 0.3) is 0 Å². The molecule has 0 saturated heterocycles. The van der Waals surface area contributed by atoms with E-state index in [1.54, 1.807) is 0 Å². The molecule has 216 valence electrons. The van der Waals surface area contributed by atoms with Gasteiger partial charge in [-0.05, 0) is 19.3 Å². The fraction of sp³-hybridized carbons (Fsp3) is 0.970. The van der Waals surface area contributed by atoms with Crippen LogP contribution in [0.1, 0.15) is 188 Å². The second-order valence-corrected chi connectivity index (χ2v) is 11.1. The molecule has 0 saturated carbocycles. The van der Waals surface area contributed by atoms with Gasteiger partial charge in [0.2, 0.25) is 0 Å². The lowest BCUT2D eigenvalue weighted by Gasteiger charge is -2.18. The van der Waals surface area contributed by atoms with Crippen molar-refractivity contribution in [2.45, 2.75) is 194 Å². The molecule has 0 atom stereocenters. The van der Waals surface area contributed by atoms with Crippen LogP contribution in [0.2, 0.25) is 0 Å². The van der Waals surface area contributed by atoms with Gasteiger partial charge in [-0.2, -0.15) is 0 Å². The molecule has 0 aliphatic heterocycles. The summed E-state index contributed by atoms with van der Waals surface area (Å²) in [5.41, 5.74) is 0. The Kier molecular flexibility index (Phi) is 30.5. The molecule has 36 heavy (non-hydrogen) atoms. The molecule has 0 spiro atoms. The van der Waals surface area contributed by atoms with Gasteiger partial charge in [-0.25, -0.2) is 0 Å². The van der Waals surface area contributed by atoms with E-state index < -0.39 is 0 Å².